The Morgan fingerprint density at radius 3 is 0.772 bits per heavy atom. The van der Waals surface area contributed by atoms with E-state index in [4.69, 9.17) is 37.0 Å². The highest BCUT2D eigenvalue weighted by Crippen LogP contribution is 2.45. The van der Waals surface area contributed by atoms with Crippen LogP contribution < -0.4 is 0 Å². The summed E-state index contributed by atoms with van der Waals surface area (Å²) in [5.41, 5.74) is 0. The molecule has 0 spiro atoms. The molecule has 0 rings (SSSR count). The Balaban J connectivity index is 5.18. The van der Waals surface area contributed by atoms with E-state index in [-0.39, 0.29) is 25.7 Å². The van der Waals surface area contributed by atoms with Crippen LogP contribution in [-0.4, -0.2) is 96.7 Å². The van der Waals surface area contributed by atoms with Gasteiger partial charge in [0.1, 0.15) is 19.3 Å². The Labute approximate surface area is 562 Å². The normalized spacial score (nSPS) is 14.8. The zero-order chi connectivity index (χ0) is 68.2. The highest BCUT2D eigenvalue weighted by Gasteiger charge is 2.30. The van der Waals surface area contributed by atoms with Gasteiger partial charge in [0.2, 0.25) is 0 Å². The first kappa shape index (κ1) is 90.1. The highest BCUT2D eigenvalue weighted by molar-refractivity contribution is 7.47. The lowest BCUT2D eigenvalue weighted by molar-refractivity contribution is -0.161. The van der Waals surface area contributed by atoms with E-state index in [1.54, 1.807) is 0 Å². The van der Waals surface area contributed by atoms with Crippen molar-refractivity contribution < 1.29 is 80.2 Å². The number of aliphatic hydroxyl groups is 1. The van der Waals surface area contributed by atoms with Crippen molar-refractivity contribution in [1.29, 1.82) is 0 Å². The number of aliphatic hydroxyl groups excluding tert-OH is 1. The summed E-state index contributed by atoms with van der Waals surface area (Å²) in [5, 5.41) is 10.6. The molecular weight excluding hydrogens is 1210 g/mol. The van der Waals surface area contributed by atoms with Gasteiger partial charge in [-0.05, 0) is 49.4 Å². The van der Waals surface area contributed by atoms with Crippen LogP contribution in [0.2, 0.25) is 0 Å². The Morgan fingerprint density at radius 2 is 0.522 bits per heavy atom. The molecule has 19 heteroatoms. The molecule has 0 aromatic heterocycles. The number of hydrogen-bond donors (Lipinski definition) is 3. The summed E-state index contributed by atoms with van der Waals surface area (Å²) in [7, 11) is -9.90. The number of phosphoric ester groups is 2. The third kappa shape index (κ3) is 64.1. The summed E-state index contributed by atoms with van der Waals surface area (Å²) in [6.45, 7) is 14.1. The molecule has 7 atom stereocenters. The lowest BCUT2D eigenvalue weighted by Gasteiger charge is -2.21. The fourth-order valence-corrected chi connectivity index (χ4v) is 12.5. The number of phosphoric acid groups is 2. The second-order valence-corrected chi connectivity index (χ2v) is 30.7. The number of carbonyl (C=O) groups excluding carboxylic acids is 4. The van der Waals surface area contributed by atoms with E-state index in [1.165, 1.54) is 161 Å². The fourth-order valence-electron chi connectivity index (χ4n) is 11.0. The van der Waals surface area contributed by atoms with Crippen LogP contribution in [0.15, 0.2) is 0 Å². The van der Waals surface area contributed by atoms with Crippen molar-refractivity contribution in [3.63, 3.8) is 0 Å². The molecule has 3 N–H and O–H groups in total. The maximum atomic E-state index is 13.0. The summed E-state index contributed by atoms with van der Waals surface area (Å²) in [4.78, 5) is 72.6. The van der Waals surface area contributed by atoms with Crippen molar-refractivity contribution in [2.45, 2.75) is 382 Å². The molecule has 0 radical (unpaired) electrons. The quantitative estimate of drug-likeness (QED) is 0.0222. The number of esters is 4. The van der Waals surface area contributed by atoms with Gasteiger partial charge >= 0.3 is 39.5 Å². The van der Waals surface area contributed by atoms with Gasteiger partial charge < -0.3 is 33.8 Å². The molecule has 92 heavy (non-hydrogen) atoms. The lowest BCUT2D eigenvalue weighted by Crippen LogP contribution is -2.30. The monoisotopic (exact) mass is 1350 g/mol. The molecule has 0 aromatic rings. The van der Waals surface area contributed by atoms with Crippen molar-refractivity contribution >= 4 is 39.5 Å². The number of unbranched alkanes of at least 4 members (excludes halogenated alkanes) is 34. The third-order valence-electron chi connectivity index (χ3n) is 17.5. The minimum absolute atomic E-state index is 0.101. The maximum Gasteiger partial charge on any atom is 0.472 e. The van der Waals surface area contributed by atoms with E-state index in [2.05, 4.69) is 55.4 Å². The van der Waals surface area contributed by atoms with Crippen LogP contribution in [0.1, 0.15) is 364 Å². The molecule has 0 fully saturated rings. The van der Waals surface area contributed by atoms with Gasteiger partial charge in [0.25, 0.3) is 0 Å². The van der Waals surface area contributed by atoms with Gasteiger partial charge in [-0.2, -0.15) is 0 Å². The molecular formula is C73H142O17P2. The molecule has 0 amide bonds. The third-order valence-corrected chi connectivity index (χ3v) is 19.4. The number of ether oxygens (including phenoxy) is 4. The van der Waals surface area contributed by atoms with Crippen LogP contribution in [0.3, 0.4) is 0 Å². The van der Waals surface area contributed by atoms with Gasteiger partial charge in [0.05, 0.1) is 26.4 Å². The first-order chi connectivity index (χ1) is 44.2. The van der Waals surface area contributed by atoms with Gasteiger partial charge in [0, 0.05) is 25.7 Å². The summed E-state index contributed by atoms with van der Waals surface area (Å²) in [5.74, 6) is 0.866. The van der Waals surface area contributed by atoms with Crippen molar-refractivity contribution in [3.8, 4) is 0 Å². The Bertz CT molecular complexity index is 1820. The predicted octanol–water partition coefficient (Wildman–Crippen LogP) is 20.9. The SMILES string of the molecule is CCC(C)CCCCCCCCCCC(=O)OC[C@H](COP(=O)(O)OC[C@@H](O)COP(=O)(O)OC[C@@H](COC(=O)CCCCCCCCC(C)C)OC(=O)CCCCCCCCC(C)CC)OC(=O)CCCCCCCCCCCCCCCCCCCCC(C)C. The van der Waals surface area contributed by atoms with E-state index < -0.39 is 97.5 Å². The second kappa shape index (κ2) is 62.6. The molecule has 0 saturated carbocycles. The van der Waals surface area contributed by atoms with Gasteiger partial charge in [-0.3, -0.25) is 37.3 Å². The molecule has 0 aliphatic heterocycles. The minimum Gasteiger partial charge on any atom is -0.462 e. The van der Waals surface area contributed by atoms with E-state index >= 15 is 0 Å². The average Bonchev–Trinajstić information content (AvgIpc) is 3.29. The molecule has 17 nitrogen and oxygen atoms in total. The molecule has 0 bridgehead atoms. The first-order valence-corrected chi connectivity index (χ1v) is 40.8. The van der Waals surface area contributed by atoms with E-state index in [0.717, 1.165) is 114 Å². The molecule has 4 unspecified atom stereocenters. The van der Waals surface area contributed by atoms with Crippen LogP contribution in [-0.2, 0) is 65.4 Å². The molecule has 0 saturated heterocycles. The van der Waals surface area contributed by atoms with Gasteiger partial charge in [0.15, 0.2) is 12.2 Å². The van der Waals surface area contributed by atoms with E-state index in [9.17, 15) is 43.2 Å². The number of hydrogen-bond acceptors (Lipinski definition) is 15. The summed E-state index contributed by atoms with van der Waals surface area (Å²) >= 11 is 0. The van der Waals surface area contributed by atoms with Crippen LogP contribution in [0, 0.1) is 23.7 Å². The van der Waals surface area contributed by atoms with Gasteiger partial charge in [-0.1, -0.05) is 312 Å². The van der Waals surface area contributed by atoms with Crippen molar-refractivity contribution in [3.05, 3.63) is 0 Å². The summed E-state index contributed by atoms with van der Waals surface area (Å²) in [6.07, 6.45) is 46.1. The Kier molecular flexibility index (Phi) is 61.3. The first-order valence-electron chi connectivity index (χ1n) is 37.8. The summed E-state index contributed by atoms with van der Waals surface area (Å²) < 4.78 is 68.3. The Morgan fingerprint density at radius 1 is 0.304 bits per heavy atom. The highest BCUT2D eigenvalue weighted by atomic mass is 31.2. The average molecular weight is 1350 g/mol. The molecule has 0 aliphatic carbocycles. The molecule has 0 aliphatic rings. The minimum atomic E-state index is -4.96. The standard InChI is InChI=1S/C73H142O17P2/c1-9-65(7)51-43-35-26-23-24-27-37-45-53-70(75)83-59-68(89-72(77)55-47-39-28-22-20-18-16-14-12-11-13-15-17-19-21-25-33-41-49-63(3)4)61-87-91(79,80)85-57-67(74)58-86-92(81,82)88-62-69(60-84-71(76)54-46-38-31-29-34-42-50-64(5)6)90-73(78)56-48-40-32-30-36-44-52-66(8)10-2/h63-69,74H,9-62H2,1-8H3,(H,79,80)(H,81,82)/t65?,66?,67-,68-,69-/m1/s1. The Hall–Kier alpha value is -1.94. The topological polar surface area (TPSA) is 237 Å². The second-order valence-electron chi connectivity index (χ2n) is 27.8. The van der Waals surface area contributed by atoms with E-state index in [0.29, 0.717) is 31.6 Å². The zero-order valence-electron chi connectivity index (χ0n) is 60.2. The van der Waals surface area contributed by atoms with Crippen LogP contribution in [0.4, 0.5) is 0 Å². The lowest BCUT2D eigenvalue weighted by atomic mass is 9.99. The fraction of sp³-hybridized carbons (Fsp3) is 0.945. The van der Waals surface area contributed by atoms with Crippen molar-refractivity contribution in [2.75, 3.05) is 39.6 Å². The van der Waals surface area contributed by atoms with Crippen LogP contribution >= 0.6 is 15.6 Å². The van der Waals surface area contributed by atoms with Gasteiger partial charge in [-0.15, -0.1) is 0 Å². The maximum absolute atomic E-state index is 13.0. The predicted molar refractivity (Wildman–Crippen MR) is 372 cm³/mol. The van der Waals surface area contributed by atoms with Gasteiger partial charge in [-0.25, -0.2) is 9.13 Å². The zero-order valence-corrected chi connectivity index (χ0v) is 62.0. The molecule has 0 heterocycles. The summed E-state index contributed by atoms with van der Waals surface area (Å²) in [6, 6.07) is 0. The van der Waals surface area contributed by atoms with Crippen LogP contribution in [0.5, 0.6) is 0 Å². The van der Waals surface area contributed by atoms with E-state index in [1.807, 2.05) is 0 Å². The number of rotatable bonds is 70. The molecule has 0 aromatic carbocycles. The largest absolute Gasteiger partial charge is 0.472 e. The van der Waals surface area contributed by atoms with Crippen LogP contribution in [0.25, 0.3) is 0 Å². The number of carbonyl (C=O) groups is 4. The molecule has 546 valence electrons. The smallest absolute Gasteiger partial charge is 0.462 e. The van der Waals surface area contributed by atoms with Crippen molar-refractivity contribution in [1.82, 2.24) is 0 Å². The van der Waals surface area contributed by atoms with Crippen molar-refractivity contribution in [2.24, 2.45) is 23.7 Å².